The van der Waals surface area contributed by atoms with Gasteiger partial charge >= 0.3 is 0 Å². The lowest BCUT2D eigenvalue weighted by Gasteiger charge is -2.15. The second kappa shape index (κ2) is 4.86. The SMILES string of the molecule is O=c1[nH]c(-c2ccc(Br)c(F)c2)nc2c1COCC2. The lowest BCUT2D eigenvalue weighted by molar-refractivity contribution is 0.108. The first-order chi connectivity index (χ1) is 9.15. The van der Waals surface area contributed by atoms with E-state index in [1.807, 2.05) is 0 Å². The Labute approximate surface area is 116 Å². The normalized spacial score (nSPS) is 14.2. The summed E-state index contributed by atoms with van der Waals surface area (Å²) >= 11 is 3.09. The number of nitrogens with one attached hydrogen (secondary N) is 1. The summed E-state index contributed by atoms with van der Waals surface area (Å²) in [4.78, 5) is 19.0. The highest BCUT2D eigenvalue weighted by molar-refractivity contribution is 9.10. The Bertz CT molecular complexity index is 700. The van der Waals surface area contributed by atoms with Crippen molar-refractivity contribution >= 4 is 15.9 Å². The summed E-state index contributed by atoms with van der Waals surface area (Å²) in [7, 11) is 0. The summed E-state index contributed by atoms with van der Waals surface area (Å²) in [5.74, 6) is -0.00162. The Hall–Kier alpha value is -1.53. The number of nitrogens with zero attached hydrogens (tertiary/aromatic N) is 1. The highest BCUT2D eigenvalue weighted by Crippen LogP contribution is 2.22. The van der Waals surface area contributed by atoms with E-state index < -0.39 is 0 Å². The number of rotatable bonds is 1. The van der Waals surface area contributed by atoms with E-state index in [1.54, 1.807) is 12.1 Å². The van der Waals surface area contributed by atoms with Crippen molar-refractivity contribution in [3.63, 3.8) is 0 Å². The molecule has 1 N–H and O–H groups in total. The standard InChI is InChI=1S/C13H10BrFN2O2/c14-9-2-1-7(5-10(9)15)12-16-11-3-4-19-6-8(11)13(18)17-12/h1-2,5H,3-4,6H2,(H,16,17,18). The Kier molecular flexibility index (Phi) is 3.20. The average Bonchev–Trinajstić information content (AvgIpc) is 2.42. The smallest absolute Gasteiger partial charge is 0.256 e. The second-order valence-electron chi connectivity index (χ2n) is 4.27. The van der Waals surface area contributed by atoms with E-state index in [-0.39, 0.29) is 18.0 Å². The lowest BCUT2D eigenvalue weighted by atomic mass is 10.1. The Balaban J connectivity index is 2.12. The van der Waals surface area contributed by atoms with E-state index in [0.29, 0.717) is 34.5 Å². The van der Waals surface area contributed by atoms with Gasteiger partial charge in [-0.1, -0.05) is 0 Å². The van der Waals surface area contributed by atoms with Gasteiger partial charge in [-0.3, -0.25) is 4.79 Å². The van der Waals surface area contributed by atoms with Crippen molar-refractivity contribution < 1.29 is 9.13 Å². The van der Waals surface area contributed by atoms with Crippen LogP contribution in [0.2, 0.25) is 0 Å². The molecule has 0 unspecified atom stereocenters. The van der Waals surface area contributed by atoms with Gasteiger partial charge in [0.2, 0.25) is 0 Å². The third kappa shape index (κ3) is 2.33. The maximum Gasteiger partial charge on any atom is 0.256 e. The van der Waals surface area contributed by atoms with E-state index in [1.165, 1.54) is 6.07 Å². The van der Waals surface area contributed by atoms with Crippen LogP contribution in [-0.4, -0.2) is 16.6 Å². The van der Waals surface area contributed by atoms with Crippen LogP contribution in [0.4, 0.5) is 4.39 Å². The molecule has 0 radical (unpaired) electrons. The van der Waals surface area contributed by atoms with Crippen LogP contribution in [0.3, 0.4) is 0 Å². The predicted molar refractivity (Wildman–Crippen MR) is 71.3 cm³/mol. The third-order valence-electron chi connectivity index (χ3n) is 3.02. The molecule has 1 aromatic heterocycles. The highest BCUT2D eigenvalue weighted by atomic mass is 79.9. The van der Waals surface area contributed by atoms with Crippen LogP contribution in [0, 0.1) is 5.82 Å². The van der Waals surface area contributed by atoms with Crippen molar-refractivity contribution in [2.24, 2.45) is 0 Å². The van der Waals surface area contributed by atoms with Gasteiger partial charge in [0.05, 0.1) is 28.9 Å². The molecule has 0 aliphatic carbocycles. The fourth-order valence-corrected chi connectivity index (χ4v) is 2.27. The second-order valence-corrected chi connectivity index (χ2v) is 5.13. The number of hydrogen-bond donors (Lipinski definition) is 1. The molecule has 1 aliphatic rings. The van der Waals surface area contributed by atoms with Crippen LogP contribution in [0.15, 0.2) is 27.5 Å². The van der Waals surface area contributed by atoms with E-state index in [2.05, 4.69) is 25.9 Å². The van der Waals surface area contributed by atoms with Crippen molar-refractivity contribution in [2.45, 2.75) is 13.0 Å². The van der Waals surface area contributed by atoms with Crippen LogP contribution in [0.25, 0.3) is 11.4 Å². The molecule has 98 valence electrons. The maximum absolute atomic E-state index is 13.5. The van der Waals surface area contributed by atoms with E-state index in [0.717, 1.165) is 5.69 Å². The molecule has 0 fully saturated rings. The zero-order valence-electron chi connectivity index (χ0n) is 9.87. The van der Waals surface area contributed by atoms with Crippen LogP contribution < -0.4 is 5.56 Å². The first-order valence-corrected chi connectivity index (χ1v) is 6.59. The number of H-pyrrole nitrogens is 1. The molecule has 2 heterocycles. The van der Waals surface area contributed by atoms with Crippen LogP contribution >= 0.6 is 15.9 Å². The van der Waals surface area contributed by atoms with Crippen molar-refractivity contribution in [3.05, 3.63) is 50.1 Å². The number of aromatic amines is 1. The first kappa shape index (κ1) is 12.5. The van der Waals surface area contributed by atoms with Gasteiger partial charge in [0.15, 0.2) is 0 Å². The quantitative estimate of drug-likeness (QED) is 0.876. The number of hydrogen-bond acceptors (Lipinski definition) is 3. The lowest BCUT2D eigenvalue weighted by Crippen LogP contribution is -2.24. The summed E-state index contributed by atoms with van der Waals surface area (Å²) < 4.78 is 19.1. The number of aromatic nitrogens is 2. The van der Waals surface area contributed by atoms with E-state index >= 15 is 0 Å². The average molecular weight is 325 g/mol. The molecule has 0 bridgehead atoms. The predicted octanol–water partition coefficient (Wildman–Crippen LogP) is 2.41. The Morgan fingerprint density at radius 2 is 2.26 bits per heavy atom. The van der Waals surface area contributed by atoms with Crippen molar-refractivity contribution in [1.82, 2.24) is 9.97 Å². The van der Waals surface area contributed by atoms with Crippen LogP contribution in [0.1, 0.15) is 11.3 Å². The fraction of sp³-hybridized carbons (Fsp3) is 0.231. The Morgan fingerprint density at radius 3 is 3.05 bits per heavy atom. The molecule has 19 heavy (non-hydrogen) atoms. The minimum atomic E-state index is -0.388. The van der Waals surface area contributed by atoms with Crippen LogP contribution in [-0.2, 0) is 17.8 Å². The molecular weight excluding hydrogens is 315 g/mol. The minimum Gasteiger partial charge on any atom is -0.376 e. The molecule has 2 aromatic rings. The van der Waals surface area contributed by atoms with Gasteiger partial charge in [-0.05, 0) is 34.1 Å². The monoisotopic (exact) mass is 324 g/mol. The molecule has 1 aliphatic heterocycles. The van der Waals surface area contributed by atoms with Gasteiger partial charge < -0.3 is 9.72 Å². The molecule has 4 nitrogen and oxygen atoms in total. The van der Waals surface area contributed by atoms with E-state index in [4.69, 9.17) is 4.74 Å². The summed E-state index contributed by atoms with van der Waals surface area (Å²) in [6.07, 6.45) is 0.602. The van der Waals surface area contributed by atoms with Crippen molar-refractivity contribution in [3.8, 4) is 11.4 Å². The van der Waals surface area contributed by atoms with Gasteiger partial charge in [0.25, 0.3) is 5.56 Å². The van der Waals surface area contributed by atoms with Crippen molar-refractivity contribution in [2.75, 3.05) is 6.61 Å². The maximum atomic E-state index is 13.5. The van der Waals surface area contributed by atoms with Crippen molar-refractivity contribution in [1.29, 1.82) is 0 Å². The largest absolute Gasteiger partial charge is 0.376 e. The van der Waals surface area contributed by atoms with E-state index in [9.17, 15) is 9.18 Å². The zero-order valence-corrected chi connectivity index (χ0v) is 11.5. The summed E-state index contributed by atoms with van der Waals surface area (Å²) in [6.45, 7) is 0.838. The summed E-state index contributed by atoms with van der Waals surface area (Å²) in [5.41, 5.74) is 1.62. The number of ether oxygens (including phenoxy) is 1. The highest BCUT2D eigenvalue weighted by Gasteiger charge is 2.16. The fourth-order valence-electron chi connectivity index (χ4n) is 2.02. The molecule has 0 saturated carbocycles. The Morgan fingerprint density at radius 1 is 1.42 bits per heavy atom. The summed E-state index contributed by atoms with van der Waals surface area (Å²) in [6, 6.07) is 4.64. The third-order valence-corrected chi connectivity index (χ3v) is 3.67. The zero-order chi connectivity index (χ0) is 13.4. The number of halogens is 2. The molecule has 0 saturated heterocycles. The number of fused-ring (bicyclic) bond motifs is 1. The minimum absolute atomic E-state index is 0.219. The molecule has 3 rings (SSSR count). The van der Waals surface area contributed by atoms with Gasteiger partial charge in [0.1, 0.15) is 11.6 Å². The molecule has 6 heteroatoms. The molecule has 0 atom stereocenters. The molecule has 0 amide bonds. The number of benzene rings is 1. The summed E-state index contributed by atoms with van der Waals surface area (Å²) in [5, 5.41) is 0. The molecule has 1 aromatic carbocycles. The van der Waals surface area contributed by atoms with Gasteiger partial charge in [-0.15, -0.1) is 0 Å². The van der Waals surface area contributed by atoms with Gasteiger partial charge in [0, 0.05) is 12.0 Å². The van der Waals surface area contributed by atoms with Gasteiger partial charge in [-0.25, -0.2) is 9.37 Å². The van der Waals surface area contributed by atoms with Crippen LogP contribution in [0.5, 0.6) is 0 Å². The first-order valence-electron chi connectivity index (χ1n) is 5.80. The molecule has 0 spiro atoms. The molecular formula is C13H10BrFN2O2. The van der Waals surface area contributed by atoms with Gasteiger partial charge in [-0.2, -0.15) is 0 Å². The topological polar surface area (TPSA) is 55.0 Å².